The van der Waals surface area contributed by atoms with Gasteiger partial charge in [0.2, 0.25) is 11.8 Å². The van der Waals surface area contributed by atoms with Gasteiger partial charge in [-0.1, -0.05) is 18.2 Å². The SMILES string of the molecule is O=C(NC1CC1)C1CCC(=O)N1Cc1c[nH]c2ccccc12. The van der Waals surface area contributed by atoms with Crippen molar-refractivity contribution in [2.24, 2.45) is 0 Å². The zero-order valence-corrected chi connectivity index (χ0v) is 12.3. The van der Waals surface area contributed by atoms with E-state index in [1.54, 1.807) is 4.90 Å². The molecule has 1 saturated carbocycles. The molecule has 1 aliphatic heterocycles. The number of hydrogen-bond donors (Lipinski definition) is 2. The minimum atomic E-state index is -0.318. The molecule has 22 heavy (non-hydrogen) atoms. The third kappa shape index (κ3) is 2.36. The predicted molar refractivity (Wildman–Crippen MR) is 83.0 cm³/mol. The molecule has 0 spiro atoms. The van der Waals surface area contributed by atoms with Crippen molar-refractivity contribution in [1.29, 1.82) is 0 Å². The summed E-state index contributed by atoms with van der Waals surface area (Å²) in [7, 11) is 0. The summed E-state index contributed by atoms with van der Waals surface area (Å²) in [6, 6.07) is 8.04. The number of carbonyl (C=O) groups is 2. The Hall–Kier alpha value is -2.30. The number of H-pyrrole nitrogens is 1. The maximum atomic E-state index is 12.3. The van der Waals surface area contributed by atoms with Gasteiger partial charge in [-0.15, -0.1) is 0 Å². The van der Waals surface area contributed by atoms with E-state index in [-0.39, 0.29) is 17.9 Å². The molecule has 1 aromatic heterocycles. The normalized spacial score (nSPS) is 21.5. The molecule has 2 aromatic rings. The second-order valence-electron chi connectivity index (χ2n) is 6.22. The summed E-state index contributed by atoms with van der Waals surface area (Å²) >= 11 is 0. The molecule has 114 valence electrons. The van der Waals surface area contributed by atoms with Gasteiger partial charge in [0, 0.05) is 36.1 Å². The van der Waals surface area contributed by atoms with Gasteiger partial charge in [-0.2, -0.15) is 0 Å². The lowest BCUT2D eigenvalue weighted by Crippen LogP contribution is -2.45. The molecule has 0 bridgehead atoms. The van der Waals surface area contributed by atoms with Gasteiger partial charge in [-0.3, -0.25) is 9.59 Å². The summed E-state index contributed by atoms with van der Waals surface area (Å²) in [5.41, 5.74) is 2.12. The summed E-state index contributed by atoms with van der Waals surface area (Å²) < 4.78 is 0. The molecule has 2 fully saturated rings. The molecule has 2 amide bonds. The number of fused-ring (bicyclic) bond motifs is 1. The summed E-state index contributed by atoms with van der Waals surface area (Å²) in [6.45, 7) is 0.492. The van der Waals surface area contributed by atoms with E-state index in [1.165, 1.54) is 0 Å². The lowest BCUT2D eigenvalue weighted by atomic mass is 10.1. The van der Waals surface area contributed by atoms with Crippen molar-refractivity contribution in [3.63, 3.8) is 0 Å². The first-order valence-corrected chi connectivity index (χ1v) is 7.87. The molecule has 5 heteroatoms. The number of nitrogens with zero attached hydrogens (tertiary/aromatic N) is 1. The van der Waals surface area contributed by atoms with E-state index in [2.05, 4.69) is 10.3 Å². The van der Waals surface area contributed by atoms with Crippen LogP contribution in [0.5, 0.6) is 0 Å². The number of carbonyl (C=O) groups excluding carboxylic acids is 2. The van der Waals surface area contributed by atoms with Crippen LogP contribution in [0.25, 0.3) is 10.9 Å². The van der Waals surface area contributed by atoms with Crippen molar-refractivity contribution in [3.8, 4) is 0 Å². The fourth-order valence-electron chi connectivity index (χ4n) is 3.18. The highest BCUT2D eigenvalue weighted by Gasteiger charge is 2.38. The third-order valence-electron chi connectivity index (χ3n) is 4.57. The molecule has 2 aliphatic rings. The highest BCUT2D eigenvalue weighted by molar-refractivity contribution is 5.91. The highest BCUT2D eigenvalue weighted by atomic mass is 16.2. The second-order valence-corrected chi connectivity index (χ2v) is 6.22. The number of benzene rings is 1. The zero-order chi connectivity index (χ0) is 15.1. The molecule has 5 nitrogen and oxygen atoms in total. The number of hydrogen-bond acceptors (Lipinski definition) is 2. The quantitative estimate of drug-likeness (QED) is 0.905. The molecule has 2 heterocycles. The molecular weight excluding hydrogens is 278 g/mol. The van der Waals surface area contributed by atoms with Crippen molar-refractivity contribution in [3.05, 3.63) is 36.0 Å². The van der Waals surface area contributed by atoms with Gasteiger partial charge in [-0.25, -0.2) is 0 Å². The second kappa shape index (κ2) is 5.16. The van der Waals surface area contributed by atoms with E-state index in [1.807, 2.05) is 30.5 Å². The molecule has 1 aromatic carbocycles. The van der Waals surface area contributed by atoms with Crippen LogP contribution in [0, 0.1) is 0 Å². The Morgan fingerprint density at radius 3 is 2.91 bits per heavy atom. The van der Waals surface area contributed by atoms with Crippen molar-refractivity contribution >= 4 is 22.7 Å². The number of aromatic amines is 1. The Balaban J connectivity index is 1.56. The number of likely N-dealkylation sites (tertiary alicyclic amines) is 1. The number of aromatic nitrogens is 1. The van der Waals surface area contributed by atoms with Gasteiger partial charge < -0.3 is 15.2 Å². The Labute approximate surface area is 128 Å². The van der Waals surface area contributed by atoms with E-state index in [0.717, 1.165) is 29.3 Å². The molecule has 4 rings (SSSR count). The maximum Gasteiger partial charge on any atom is 0.243 e. The van der Waals surface area contributed by atoms with E-state index >= 15 is 0 Å². The van der Waals surface area contributed by atoms with Crippen LogP contribution in [0.3, 0.4) is 0 Å². The standard InChI is InChI=1S/C17H19N3O2/c21-16-8-7-15(17(22)19-12-5-6-12)20(16)10-11-9-18-14-4-2-1-3-13(11)14/h1-4,9,12,15,18H,5-8,10H2,(H,19,22). The predicted octanol–water partition coefficient (Wildman–Crippen LogP) is 1.94. The van der Waals surface area contributed by atoms with Crippen molar-refractivity contribution in [2.75, 3.05) is 0 Å². The van der Waals surface area contributed by atoms with Gasteiger partial charge in [0.1, 0.15) is 6.04 Å². The third-order valence-corrected chi connectivity index (χ3v) is 4.57. The highest BCUT2D eigenvalue weighted by Crippen LogP contribution is 2.26. The molecule has 1 aliphatic carbocycles. The topological polar surface area (TPSA) is 65.2 Å². The van der Waals surface area contributed by atoms with E-state index in [4.69, 9.17) is 0 Å². The number of para-hydroxylation sites is 1. The van der Waals surface area contributed by atoms with Crippen LogP contribution in [0.4, 0.5) is 0 Å². The van der Waals surface area contributed by atoms with Gasteiger partial charge in [0.05, 0.1) is 0 Å². The number of nitrogens with one attached hydrogen (secondary N) is 2. The maximum absolute atomic E-state index is 12.3. The molecule has 1 atom stereocenters. The average Bonchev–Trinajstić information content (AvgIpc) is 3.13. The van der Waals surface area contributed by atoms with Gasteiger partial charge in [-0.05, 0) is 30.9 Å². The van der Waals surface area contributed by atoms with Crippen LogP contribution in [-0.2, 0) is 16.1 Å². The minimum absolute atomic E-state index is 0.00758. The van der Waals surface area contributed by atoms with Gasteiger partial charge in [0.15, 0.2) is 0 Å². The molecular formula is C17H19N3O2. The van der Waals surface area contributed by atoms with Crippen LogP contribution < -0.4 is 5.32 Å². The van der Waals surface area contributed by atoms with E-state index < -0.39 is 0 Å². The Morgan fingerprint density at radius 1 is 1.27 bits per heavy atom. The monoisotopic (exact) mass is 297 g/mol. The Kier molecular flexibility index (Phi) is 3.13. The van der Waals surface area contributed by atoms with Crippen LogP contribution >= 0.6 is 0 Å². The summed E-state index contributed by atoms with van der Waals surface area (Å²) in [6.07, 6.45) is 5.15. The van der Waals surface area contributed by atoms with Crippen LogP contribution in [0.15, 0.2) is 30.5 Å². The van der Waals surface area contributed by atoms with Gasteiger partial charge in [0.25, 0.3) is 0 Å². The van der Waals surface area contributed by atoms with Crippen LogP contribution in [-0.4, -0.2) is 33.8 Å². The number of amides is 2. The number of rotatable bonds is 4. The summed E-state index contributed by atoms with van der Waals surface area (Å²) in [4.78, 5) is 29.5. The first kappa shape index (κ1) is 13.4. The fourth-order valence-corrected chi connectivity index (χ4v) is 3.18. The van der Waals surface area contributed by atoms with Crippen molar-refractivity contribution < 1.29 is 9.59 Å². The molecule has 1 unspecified atom stereocenters. The Bertz CT molecular complexity index is 732. The van der Waals surface area contributed by atoms with Crippen LogP contribution in [0.2, 0.25) is 0 Å². The lowest BCUT2D eigenvalue weighted by Gasteiger charge is -2.24. The fraction of sp³-hybridized carbons (Fsp3) is 0.412. The first-order valence-electron chi connectivity index (χ1n) is 7.87. The first-order chi connectivity index (χ1) is 10.7. The van der Waals surface area contributed by atoms with Crippen molar-refractivity contribution in [1.82, 2.24) is 15.2 Å². The summed E-state index contributed by atoms with van der Waals surface area (Å²) in [5, 5.41) is 4.14. The molecule has 0 radical (unpaired) electrons. The average molecular weight is 297 g/mol. The Morgan fingerprint density at radius 2 is 2.09 bits per heavy atom. The molecule has 2 N–H and O–H groups in total. The van der Waals surface area contributed by atoms with Crippen molar-refractivity contribution in [2.45, 2.75) is 44.3 Å². The zero-order valence-electron chi connectivity index (χ0n) is 12.3. The largest absolute Gasteiger partial charge is 0.361 e. The smallest absolute Gasteiger partial charge is 0.243 e. The van der Waals surface area contributed by atoms with E-state index in [0.29, 0.717) is 25.4 Å². The van der Waals surface area contributed by atoms with Crippen LogP contribution in [0.1, 0.15) is 31.2 Å². The lowest BCUT2D eigenvalue weighted by molar-refractivity contribution is -0.135. The minimum Gasteiger partial charge on any atom is -0.361 e. The van der Waals surface area contributed by atoms with Gasteiger partial charge >= 0.3 is 0 Å². The summed E-state index contributed by atoms with van der Waals surface area (Å²) in [5.74, 6) is 0.0782. The molecule has 1 saturated heterocycles. The van der Waals surface area contributed by atoms with E-state index in [9.17, 15) is 9.59 Å².